The standard InChI is InChI=1S/C25H28O6/c1-6-25(4,5)17-9-15(19(27)10-20(17)28)16-12-31-24-14(8-7-13(2)3)18(26)11-21(29)22(24)23(16)30/h6-7,9-11,16,26-29H,1,8,12H2,2-5H3/t16-/m1/s1. The second-order valence-corrected chi connectivity index (χ2v) is 8.66. The SMILES string of the molecule is C=CC(C)(C)c1cc([C@H]2COc3c(CC=C(C)C)c(O)cc(O)c3C2=O)c(O)cc1O. The van der Waals surface area contributed by atoms with Crippen LogP contribution in [0.15, 0.2) is 42.5 Å². The summed E-state index contributed by atoms with van der Waals surface area (Å²) in [5, 5.41) is 41.5. The van der Waals surface area contributed by atoms with Crippen LogP contribution >= 0.6 is 0 Å². The highest BCUT2D eigenvalue weighted by Crippen LogP contribution is 2.47. The molecule has 1 atom stereocenters. The van der Waals surface area contributed by atoms with Crippen molar-refractivity contribution in [3.8, 4) is 28.7 Å². The molecule has 0 bridgehead atoms. The Morgan fingerprint density at radius 3 is 2.35 bits per heavy atom. The maximum absolute atomic E-state index is 13.4. The van der Waals surface area contributed by atoms with Crippen LogP contribution in [0.1, 0.15) is 60.7 Å². The summed E-state index contributed by atoms with van der Waals surface area (Å²) >= 11 is 0. The average Bonchev–Trinajstić information content (AvgIpc) is 2.67. The Hall–Kier alpha value is -3.41. The molecule has 164 valence electrons. The zero-order chi connectivity index (χ0) is 23.1. The molecule has 0 aliphatic carbocycles. The number of ether oxygens (including phenoxy) is 1. The highest BCUT2D eigenvalue weighted by Gasteiger charge is 2.37. The molecule has 6 heteroatoms. The summed E-state index contributed by atoms with van der Waals surface area (Å²) in [6.07, 6.45) is 3.90. The van der Waals surface area contributed by atoms with E-state index in [9.17, 15) is 25.2 Å². The molecule has 1 aliphatic rings. The van der Waals surface area contributed by atoms with Gasteiger partial charge in [-0.15, -0.1) is 6.58 Å². The Bertz CT molecular complexity index is 1090. The fourth-order valence-electron chi connectivity index (χ4n) is 3.72. The second kappa shape index (κ2) is 8.02. The number of phenols is 4. The third kappa shape index (κ3) is 3.98. The summed E-state index contributed by atoms with van der Waals surface area (Å²) in [5.74, 6) is -2.04. The highest BCUT2D eigenvalue weighted by atomic mass is 16.5. The summed E-state index contributed by atoms with van der Waals surface area (Å²) in [4.78, 5) is 13.4. The predicted molar refractivity (Wildman–Crippen MR) is 118 cm³/mol. The molecule has 6 nitrogen and oxygen atoms in total. The second-order valence-electron chi connectivity index (χ2n) is 8.66. The van der Waals surface area contributed by atoms with Crippen molar-refractivity contribution < 1.29 is 30.0 Å². The van der Waals surface area contributed by atoms with Crippen LogP contribution in [0.2, 0.25) is 0 Å². The fourth-order valence-corrected chi connectivity index (χ4v) is 3.72. The molecule has 0 amide bonds. The van der Waals surface area contributed by atoms with E-state index in [0.717, 1.165) is 11.6 Å². The number of fused-ring (bicyclic) bond motifs is 1. The maximum atomic E-state index is 13.4. The van der Waals surface area contributed by atoms with Crippen molar-refractivity contribution in [3.63, 3.8) is 0 Å². The van der Waals surface area contributed by atoms with E-state index in [1.54, 1.807) is 12.1 Å². The van der Waals surface area contributed by atoms with Crippen LogP contribution in [-0.2, 0) is 11.8 Å². The minimum absolute atomic E-state index is 0.0248. The van der Waals surface area contributed by atoms with Crippen LogP contribution in [-0.4, -0.2) is 32.8 Å². The Kier molecular flexibility index (Phi) is 5.77. The molecule has 0 saturated carbocycles. The van der Waals surface area contributed by atoms with Gasteiger partial charge < -0.3 is 25.2 Å². The third-order valence-electron chi connectivity index (χ3n) is 5.74. The number of allylic oxidation sites excluding steroid dienone is 3. The van der Waals surface area contributed by atoms with Crippen LogP contribution in [0.25, 0.3) is 0 Å². The monoisotopic (exact) mass is 424 g/mol. The molecule has 0 aromatic heterocycles. The summed E-state index contributed by atoms with van der Waals surface area (Å²) in [5.41, 5.74) is 1.62. The van der Waals surface area contributed by atoms with E-state index in [4.69, 9.17) is 4.74 Å². The topological polar surface area (TPSA) is 107 Å². The van der Waals surface area contributed by atoms with Gasteiger partial charge in [-0.25, -0.2) is 0 Å². The lowest BCUT2D eigenvalue weighted by Crippen LogP contribution is -2.27. The van der Waals surface area contributed by atoms with Crippen molar-refractivity contribution in [2.45, 2.75) is 45.4 Å². The van der Waals surface area contributed by atoms with E-state index in [-0.39, 0.29) is 46.5 Å². The van der Waals surface area contributed by atoms with Gasteiger partial charge in [-0.3, -0.25) is 4.79 Å². The Labute approximate surface area is 181 Å². The van der Waals surface area contributed by atoms with Gasteiger partial charge in [0.25, 0.3) is 0 Å². The predicted octanol–water partition coefficient (Wildman–Crippen LogP) is 4.84. The Morgan fingerprint density at radius 1 is 1.10 bits per heavy atom. The fraction of sp³-hybridized carbons (Fsp3) is 0.320. The molecule has 1 aliphatic heterocycles. The van der Waals surface area contributed by atoms with Gasteiger partial charge in [0, 0.05) is 34.2 Å². The van der Waals surface area contributed by atoms with E-state index in [0.29, 0.717) is 17.5 Å². The van der Waals surface area contributed by atoms with E-state index in [2.05, 4.69) is 6.58 Å². The lowest BCUT2D eigenvalue weighted by molar-refractivity contribution is 0.0888. The number of hydrogen-bond acceptors (Lipinski definition) is 6. The first-order valence-corrected chi connectivity index (χ1v) is 10.1. The molecular weight excluding hydrogens is 396 g/mol. The van der Waals surface area contributed by atoms with Crippen LogP contribution in [0.5, 0.6) is 28.7 Å². The normalized spacial score (nSPS) is 15.7. The van der Waals surface area contributed by atoms with Crippen molar-refractivity contribution in [2.24, 2.45) is 0 Å². The number of ketones is 1. The molecule has 2 aromatic carbocycles. The van der Waals surface area contributed by atoms with Gasteiger partial charge in [0.15, 0.2) is 5.78 Å². The van der Waals surface area contributed by atoms with Gasteiger partial charge in [0.05, 0.1) is 5.92 Å². The van der Waals surface area contributed by atoms with E-state index < -0.39 is 17.1 Å². The number of aromatic hydroxyl groups is 4. The van der Waals surface area contributed by atoms with E-state index in [1.807, 2.05) is 33.8 Å². The molecule has 31 heavy (non-hydrogen) atoms. The number of rotatable bonds is 5. The summed E-state index contributed by atoms with van der Waals surface area (Å²) in [6.45, 7) is 11.3. The zero-order valence-corrected chi connectivity index (χ0v) is 18.2. The Morgan fingerprint density at radius 2 is 1.74 bits per heavy atom. The maximum Gasteiger partial charge on any atom is 0.181 e. The number of hydrogen-bond donors (Lipinski definition) is 4. The van der Waals surface area contributed by atoms with Crippen LogP contribution in [0.3, 0.4) is 0 Å². The first-order chi connectivity index (χ1) is 14.5. The van der Waals surface area contributed by atoms with Crippen molar-refractivity contribution >= 4 is 5.78 Å². The summed E-state index contributed by atoms with van der Waals surface area (Å²) < 4.78 is 5.86. The van der Waals surface area contributed by atoms with Gasteiger partial charge in [0.1, 0.15) is 40.9 Å². The smallest absolute Gasteiger partial charge is 0.181 e. The number of carbonyl (C=O) groups is 1. The van der Waals surface area contributed by atoms with E-state index >= 15 is 0 Å². The number of carbonyl (C=O) groups excluding carboxylic acids is 1. The number of Topliss-reactive ketones (excluding diaryl/α,β-unsaturated/α-hetero) is 1. The van der Waals surface area contributed by atoms with Crippen molar-refractivity contribution in [3.05, 3.63) is 64.8 Å². The van der Waals surface area contributed by atoms with Gasteiger partial charge in [-0.05, 0) is 26.3 Å². The van der Waals surface area contributed by atoms with Gasteiger partial charge >= 0.3 is 0 Å². The molecule has 0 fully saturated rings. The first-order valence-electron chi connectivity index (χ1n) is 10.1. The van der Waals surface area contributed by atoms with Crippen LogP contribution in [0, 0.1) is 0 Å². The molecular formula is C25H28O6. The van der Waals surface area contributed by atoms with Crippen molar-refractivity contribution in [2.75, 3.05) is 6.61 Å². The highest BCUT2D eigenvalue weighted by molar-refractivity contribution is 6.07. The molecule has 0 spiro atoms. The van der Waals surface area contributed by atoms with Gasteiger partial charge in [-0.1, -0.05) is 31.6 Å². The summed E-state index contributed by atoms with van der Waals surface area (Å²) in [7, 11) is 0. The minimum Gasteiger partial charge on any atom is -0.508 e. The molecule has 2 aromatic rings. The number of phenolic OH excluding ortho intramolecular Hbond substituents is 4. The lowest BCUT2D eigenvalue weighted by atomic mass is 9.80. The van der Waals surface area contributed by atoms with Crippen molar-refractivity contribution in [1.82, 2.24) is 0 Å². The molecule has 0 radical (unpaired) electrons. The van der Waals surface area contributed by atoms with Gasteiger partial charge in [-0.2, -0.15) is 0 Å². The Balaban J connectivity index is 2.12. The van der Waals surface area contributed by atoms with Gasteiger partial charge in [0.2, 0.25) is 0 Å². The number of benzene rings is 2. The first kappa shape index (κ1) is 22.3. The van der Waals surface area contributed by atoms with Crippen LogP contribution < -0.4 is 4.74 Å². The van der Waals surface area contributed by atoms with Crippen molar-refractivity contribution in [1.29, 1.82) is 0 Å². The molecule has 3 rings (SSSR count). The largest absolute Gasteiger partial charge is 0.508 e. The average molecular weight is 424 g/mol. The zero-order valence-electron chi connectivity index (χ0n) is 18.2. The van der Waals surface area contributed by atoms with E-state index in [1.165, 1.54) is 6.07 Å². The summed E-state index contributed by atoms with van der Waals surface area (Å²) in [6, 6.07) is 3.92. The minimum atomic E-state index is -0.890. The lowest BCUT2D eigenvalue weighted by Gasteiger charge is -2.29. The molecule has 1 heterocycles. The third-order valence-corrected chi connectivity index (χ3v) is 5.74. The molecule has 0 saturated heterocycles. The molecule has 4 N–H and O–H groups in total. The quantitative estimate of drug-likeness (QED) is 0.512. The van der Waals surface area contributed by atoms with Crippen LogP contribution in [0.4, 0.5) is 0 Å². The molecule has 0 unspecified atom stereocenters.